The Morgan fingerprint density at radius 1 is 1.23 bits per heavy atom. The highest BCUT2D eigenvalue weighted by molar-refractivity contribution is 5.81. The number of aliphatic hydroxyl groups excluding tert-OH is 1. The first-order chi connectivity index (χ1) is 12.0. The van der Waals surface area contributed by atoms with Gasteiger partial charge >= 0.3 is 0 Å². The largest absolute Gasteiger partial charge is 0.393 e. The van der Waals surface area contributed by atoms with Crippen LogP contribution in [-0.4, -0.2) is 33.5 Å². The molecule has 0 aliphatic heterocycles. The third-order valence-electron chi connectivity index (χ3n) is 9.50. The van der Waals surface area contributed by atoms with Crippen molar-refractivity contribution in [3.05, 3.63) is 0 Å². The molecule has 0 amide bonds. The molecule has 0 aromatic rings. The van der Waals surface area contributed by atoms with E-state index in [4.69, 9.17) is 0 Å². The number of Topliss-reactive ketones (excluding diaryl/α,β-unsaturated/α-hetero) is 2. The first-order valence-electron chi connectivity index (χ1n) is 10.5. The van der Waals surface area contributed by atoms with Crippen molar-refractivity contribution in [2.75, 3.05) is 0 Å². The Labute approximate surface area is 156 Å². The molecule has 7 unspecified atom stereocenters. The number of carbonyl (C=O) groups is 2. The van der Waals surface area contributed by atoms with Crippen molar-refractivity contribution >= 4 is 11.6 Å². The first-order valence-corrected chi connectivity index (χ1v) is 10.5. The molecule has 0 radical (unpaired) electrons. The second-order valence-corrected chi connectivity index (χ2v) is 10.5. The van der Waals surface area contributed by atoms with Crippen molar-refractivity contribution < 1.29 is 19.8 Å². The highest BCUT2D eigenvalue weighted by Crippen LogP contribution is 2.69. The van der Waals surface area contributed by atoms with Crippen molar-refractivity contribution in [1.82, 2.24) is 0 Å². The van der Waals surface area contributed by atoms with Gasteiger partial charge in [0.15, 0.2) is 0 Å². The average molecular weight is 363 g/mol. The van der Waals surface area contributed by atoms with Crippen LogP contribution in [0.4, 0.5) is 0 Å². The maximum Gasteiger partial charge on any atom is 0.135 e. The van der Waals surface area contributed by atoms with E-state index in [2.05, 4.69) is 20.8 Å². The Morgan fingerprint density at radius 2 is 1.92 bits per heavy atom. The lowest BCUT2D eigenvalue weighted by atomic mass is 9.40. The van der Waals surface area contributed by atoms with Crippen LogP contribution in [0.1, 0.15) is 72.6 Å². The number of fused-ring (bicyclic) bond motifs is 5. The van der Waals surface area contributed by atoms with Gasteiger partial charge in [0.05, 0.1) is 11.7 Å². The van der Waals surface area contributed by atoms with E-state index in [-0.39, 0.29) is 41.2 Å². The Hall–Kier alpha value is -0.740. The van der Waals surface area contributed by atoms with E-state index in [1.807, 2.05) is 0 Å². The fourth-order valence-corrected chi connectivity index (χ4v) is 8.25. The van der Waals surface area contributed by atoms with Crippen LogP contribution in [0.5, 0.6) is 0 Å². The number of ketones is 2. The fourth-order valence-electron chi connectivity index (χ4n) is 8.25. The fraction of sp³-hybridized carbons (Fsp3) is 0.909. The molecular formula is C22H34O4. The van der Waals surface area contributed by atoms with Gasteiger partial charge in [-0.15, -0.1) is 0 Å². The summed E-state index contributed by atoms with van der Waals surface area (Å²) in [4.78, 5) is 24.4. The molecule has 4 aliphatic carbocycles. The molecule has 4 nitrogen and oxygen atoms in total. The molecule has 2 N–H and O–H groups in total. The van der Waals surface area contributed by atoms with Crippen molar-refractivity contribution in [2.24, 2.45) is 40.4 Å². The zero-order chi connectivity index (χ0) is 19.1. The molecule has 4 rings (SSSR count). The minimum absolute atomic E-state index is 0.0283. The number of carbonyl (C=O) groups excluding carboxylic acids is 2. The Bertz CT molecular complexity index is 644. The summed E-state index contributed by atoms with van der Waals surface area (Å²) in [5, 5.41) is 22.9. The van der Waals surface area contributed by atoms with Gasteiger partial charge in [-0.1, -0.05) is 20.8 Å². The predicted octanol–water partition coefficient (Wildman–Crippen LogP) is 3.14. The standard InChI is InChI=1S/C22H34O4/c1-12-9-15-17-6-5-16(13(2)23)20(17,3)11-18(25)19(15)21(4)8-7-14(24)10-22(12,21)26/h12,15-19,25-26H,5-11H2,1-4H3/t12?,15?,16?,17?,18-,19?,20?,21?,22+/m1/s1. The zero-order valence-corrected chi connectivity index (χ0v) is 16.6. The molecule has 0 aromatic carbocycles. The van der Waals surface area contributed by atoms with E-state index < -0.39 is 17.1 Å². The molecule has 0 bridgehead atoms. The molecule has 0 saturated heterocycles. The molecule has 0 aromatic heterocycles. The van der Waals surface area contributed by atoms with Gasteiger partial charge in [-0.05, 0) is 68.1 Å². The molecule has 0 spiro atoms. The predicted molar refractivity (Wildman–Crippen MR) is 98.3 cm³/mol. The highest BCUT2D eigenvalue weighted by atomic mass is 16.3. The molecule has 146 valence electrons. The normalized spacial score (nSPS) is 56.5. The third-order valence-corrected chi connectivity index (χ3v) is 9.50. The average Bonchev–Trinajstić information content (AvgIpc) is 2.87. The van der Waals surface area contributed by atoms with Crippen LogP contribution in [0.2, 0.25) is 0 Å². The van der Waals surface area contributed by atoms with Gasteiger partial charge in [-0.3, -0.25) is 9.59 Å². The van der Waals surface area contributed by atoms with Gasteiger partial charge in [0.2, 0.25) is 0 Å². The molecule has 0 heterocycles. The summed E-state index contributed by atoms with van der Waals surface area (Å²) < 4.78 is 0. The summed E-state index contributed by atoms with van der Waals surface area (Å²) in [6.07, 6.45) is 4.40. The number of rotatable bonds is 1. The molecule has 26 heavy (non-hydrogen) atoms. The molecule has 4 fully saturated rings. The van der Waals surface area contributed by atoms with Gasteiger partial charge in [0.1, 0.15) is 11.6 Å². The maximum absolute atomic E-state index is 12.3. The van der Waals surface area contributed by atoms with Gasteiger partial charge in [-0.25, -0.2) is 0 Å². The Balaban J connectivity index is 1.76. The van der Waals surface area contributed by atoms with E-state index in [0.717, 1.165) is 19.3 Å². The molecule has 4 aliphatic rings. The summed E-state index contributed by atoms with van der Waals surface area (Å²) >= 11 is 0. The van der Waals surface area contributed by atoms with Crippen LogP contribution < -0.4 is 0 Å². The van der Waals surface area contributed by atoms with E-state index in [1.165, 1.54) is 0 Å². The van der Waals surface area contributed by atoms with Gasteiger partial charge in [0.25, 0.3) is 0 Å². The van der Waals surface area contributed by atoms with E-state index in [1.54, 1.807) is 6.92 Å². The quantitative estimate of drug-likeness (QED) is 0.751. The maximum atomic E-state index is 12.3. The number of hydrogen-bond acceptors (Lipinski definition) is 4. The van der Waals surface area contributed by atoms with Crippen molar-refractivity contribution in [3.8, 4) is 0 Å². The van der Waals surface area contributed by atoms with Crippen LogP contribution in [0.25, 0.3) is 0 Å². The SMILES string of the molecule is CC(=O)C1CCC2C3CC(C)[C@@]4(O)CC(=O)CCC4(C)C3[C@H](O)CC12C. The molecular weight excluding hydrogens is 328 g/mol. The van der Waals surface area contributed by atoms with Gasteiger partial charge < -0.3 is 10.2 Å². The van der Waals surface area contributed by atoms with Crippen LogP contribution in [0, 0.1) is 40.4 Å². The van der Waals surface area contributed by atoms with Crippen molar-refractivity contribution in [2.45, 2.75) is 84.3 Å². The number of hydrogen-bond donors (Lipinski definition) is 2. The highest BCUT2D eigenvalue weighted by Gasteiger charge is 2.69. The number of aliphatic hydroxyl groups is 2. The Morgan fingerprint density at radius 3 is 2.58 bits per heavy atom. The van der Waals surface area contributed by atoms with Crippen LogP contribution in [0.15, 0.2) is 0 Å². The second kappa shape index (κ2) is 5.64. The third kappa shape index (κ3) is 2.15. The van der Waals surface area contributed by atoms with Crippen LogP contribution in [-0.2, 0) is 9.59 Å². The lowest BCUT2D eigenvalue weighted by Crippen LogP contribution is -2.68. The van der Waals surface area contributed by atoms with E-state index >= 15 is 0 Å². The lowest BCUT2D eigenvalue weighted by molar-refractivity contribution is -0.250. The molecule has 4 saturated carbocycles. The van der Waals surface area contributed by atoms with Crippen molar-refractivity contribution in [1.29, 1.82) is 0 Å². The molecule has 4 heteroatoms. The monoisotopic (exact) mass is 362 g/mol. The summed E-state index contributed by atoms with van der Waals surface area (Å²) in [6.45, 7) is 8.13. The Kier molecular flexibility index (Phi) is 4.03. The summed E-state index contributed by atoms with van der Waals surface area (Å²) in [5.41, 5.74) is -1.54. The minimum atomic E-state index is -1.00. The van der Waals surface area contributed by atoms with E-state index in [0.29, 0.717) is 31.1 Å². The summed E-state index contributed by atoms with van der Waals surface area (Å²) in [6, 6.07) is 0. The van der Waals surface area contributed by atoms with Crippen LogP contribution in [0.3, 0.4) is 0 Å². The zero-order valence-electron chi connectivity index (χ0n) is 16.6. The first kappa shape index (κ1) is 18.6. The van der Waals surface area contributed by atoms with Crippen LogP contribution >= 0.6 is 0 Å². The summed E-state index contributed by atoms with van der Waals surface area (Å²) in [7, 11) is 0. The minimum Gasteiger partial charge on any atom is -0.393 e. The molecule has 9 atom stereocenters. The smallest absolute Gasteiger partial charge is 0.135 e. The summed E-state index contributed by atoms with van der Waals surface area (Å²) in [5.74, 6) is 1.32. The topological polar surface area (TPSA) is 74.6 Å². The lowest BCUT2D eigenvalue weighted by Gasteiger charge is -2.66. The van der Waals surface area contributed by atoms with E-state index in [9.17, 15) is 19.8 Å². The second-order valence-electron chi connectivity index (χ2n) is 10.5. The van der Waals surface area contributed by atoms with Crippen molar-refractivity contribution in [3.63, 3.8) is 0 Å². The van der Waals surface area contributed by atoms with Gasteiger partial charge in [-0.2, -0.15) is 0 Å². The van der Waals surface area contributed by atoms with Gasteiger partial charge in [0, 0.05) is 24.2 Å².